The Morgan fingerprint density at radius 1 is 0.500 bits per heavy atom. The fourth-order valence-electron chi connectivity index (χ4n) is 2.90. The smallest absolute Gasteiger partial charge is 0.221 e. The van der Waals surface area contributed by atoms with E-state index in [1.807, 2.05) is 97.1 Å². The highest BCUT2D eigenvalue weighted by molar-refractivity contribution is 5.73. The van der Waals surface area contributed by atoms with E-state index in [0.717, 1.165) is 11.1 Å². The van der Waals surface area contributed by atoms with Gasteiger partial charge in [-0.25, -0.2) is 19.9 Å². The molecular weight excluding hydrogens is 372 g/mol. The summed E-state index contributed by atoms with van der Waals surface area (Å²) in [5.41, 5.74) is 16.5. The molecule has 0 amide bonds. The van der Waals surface area contributed by atoms with Gasteiger partial charge in [0, 0.05) is 0 Å². The van der Waals surface area contributed by atoms with Crippen LogP contribution in [0.2, 0.25) is 0 Å². The summed E-state index contributed by atoms with van der Waals surface area (Å²) in [5, 5.41) is 0. The molecule has 0 saturated carbocycles. The minimum atomic E-state index is 0.166. The number of benzene rings is 2. The first-order chi connectivity index (χ1) is 14.7. The predicted octanol–water partition coefficient (Wildman–Crippen LogP) is 4.44. The molecule has 4 rings (SSSR count). The molecule has 0 unspecified atom stereocenters. The van der Waals surface area contributed by atoms with E-state index < -0.39 is 0 Å². The lowest BCUT2D eigenvalue weighted by Gasteiger charge is -2.05. The maximum Gasteiger partial charge on any atom is 0.221 e. The van der Waals surface area contributed by atoms with Crippen LogP contribution < -0.4 is 11.5 Å². The number of anilines is 2. The van der Waals surface area contributed by atoms with Gasteiger partial charge in [0.2, 0.25) is 11.9 Å². The quantitative estimate of drug-likeness (QED) is 0.520. The summed E-state index contributed by atoms with van der Waals surface area (Å²) in [5.74, 6) is 0.331. The molecule has 0 aliphatic carbocycles. The van der Waals surface area contributed by atoms with Gasteiger partial charge in [0.15, 0.2) is 0 Å². The van der Waals surface area contributed by atoms with Gasteiger partial charge in [-0.3, -0.25) is 0 Å². The maximum atomic E-state index is 5.93. The number of hydrogen-bond donors (Lipinski definition) is 2. The van der Waals surface area contributed by atoms with Crippen LogP contribution in [0.15, 0.2) is 72.8 Å². The van der Waals surface area contributed by atoms with Crippen LogP contribution in [0.25, 0.3) is 35.7 Å². The topological polar surface area (TPSA) is 104 Å². The first-order valence-corrected chi connectivity index (χ1v) is 9.41. The lowest BCUT2D eigenvalue weighted by molar-refractivity contribution is 1.13. The average Bonchev–Trinajstić information content (AvgIpc) is 2.77. The summed E-state index contributed by atoms with van der Waals surface area (Å²) in [6.07, 6.45) is 7.71. The summed E-state index contributed by atoms with van der Waals surface area (Å²) in [4.78, 5) is 17.2. The average molecular weight is 392 g/mol. The van der Waals surface area contributed by atoms with Crippen LogP contribution in [0, 0.1) is 0 Å². The van der Waals surface area contributed by atoms with Gasteiger partial charge < -0.3 is 11.5 Å². The molecule has 146 valence electrons. The Morgan fingerprint density at radius 2 is 0.900 bits per heavy atom. The van der Waals surface area contributed by atoms with Crippen LogP contribution in [0.4, 0.5) is 11.9 Å². The van der Waals surface area contributed by atoms with Crippen molar-refractivity contribution < 1.29 is 0 Å². The van der Waals surface area contributed by atoms with Crippen LogP contribution in [0.1, 0.15) is 22.5 Å². The molecule has 0 bridgehead atoms. The lowest BCUT2D eigenvalue weighted by atomic mass is 10.1. The number of nitrogen functional groups attached to an aromatic ring is 2. The Hall–Kier alpha value is -4.32. The zero-order valence-corrected chi connectivity index (χ0v) is 16.2. The Bertz CT molecular complexity index is 1100. The molecule has 4 aromatic rings. The van der Waals surface area contributed by atoms with E-state index in [-0.39, 0.29) is 11.9 Å². The van der Waals surface area contributed by atoms with Gasteiger partial charge in [0.25, 0.3) is 0 Å². The summed E-state index contributed by atoms with van der Waals surface area (Å²) < 4.78 is 0. The summed E-state index contributed by atoms with van der Waals surface area (Å²) in [7, 11) is 0. The molecule has 4 N–H and O–H groups in total. The van der Waals surface area contributed by atoms with Gasteiger partial charge >= 0.3 is 0 Å². The molecule has 2 aromatic carbocycles. The van der Waals surface area contributed by atoms with Crippen LogP contribution >= 0.6 is 0 Å². The number of aromatic nitrogens is 4. The number of nitrogens with zero attached hydrogens (tertiary/aromatic N) is 4. The van der Waals surface area contributed by atoms with Crippen molar-refractivity contribution in [3.8, 4) is 11.4 Å². The third-order valence-electron chi connectivity index (χ3n) is 4.28. The molecule has 0 radical (unpaired) electrons. The van der Waals surface area contributed by atoms with Gasteiger partial charge in [-0.15, -0.1) is 0 Å². The summed E-state index contributed by atoms with van der Waals surface area (Å²) in [6, 6.07) is 23.6. The minimum absolute atomic E-state index is 0.166. The van der Waals surface area contributed by atoms with Crippen molar-refractivity contribution in [3.63, 3.8) is 0 Å². The molecular formula is C24H20N6. The molecule has 2 aromatic heterocycles. The molecule has 6 nitrogen and oxygen atoms in total. The van der Waals surface area contributed by atoms with Gasteiger partial charge in [0.05, 0.1) is 22.8 Å². The Kier molecular flexibility index (Phi) is 5.57. The summed E-state index contributed by atoms with van der Waals surface area (Å²) in [6.45, 7) is 0. The number of nitrogens with two attached hydrogens (primary N) is 2. The van der Waals surface area contributed by atoms with E-state index in [1.54, 1.807) is 0 Å². The second-order valence-electron chi connectivity index (χ2n) is 6.56. The monoisotopic (exact) mass is 392 g/mol. The van der Waals surface area contributed by atoms with Crippen molar-refractivity contribution in [2.75, 3.05) is 11.5 Å². The van der Waals surface area contributed by atoms with E-state index in [2.05, 4.69) is 19.9 Å². The molecule has 2 heterocycles. The van der Waals surface area contributed by atoms with Gasteiger partial charge in [-0.1, -0.05) is 72.8 Å². The SMILES string of the molecule is Nc1nc(/C=C\c2ccccc2)cc(-c2cc(/C=C\c3ccccc3)nc(N)n2)n1. The third kappa shape index (κ3) is 4.94. The van der Waals surface area contributed by atoms with Gasteiger partial charge in [-0.05, 0) is 35.4 Å². The fraction of sp³-hybridized carbons (Fsp3) is 0. The van der Waals surface area contributed by atoms with Crippen molar-refractivity contribution in [1.82, 2.24) is 19.9 Å². The number of hydrogen-bond acceptors (Lipinski definition) is 6. The van der Waals surface area contributed by atoms with E-state index in [4.69, 9.17) is 11.5 Å². The molecule has 0 saturated heterocycles. The standard InChI is InChI=1S/C24H20N6/c25-23-27-19(13-11-17-7-3-1-4-8-17)15-21(29-23)22-16-20(28-24(26)30-22)14-12-18-9-5-2-6-10-18/h1-16H,(H2,25,27,29)(H2,26,28,30)/b13-11-,14-12-. The Labute approximate surface area is 174 Å². The normalized spacial score (nSPS) is 11.3. The highest BCUT2D eigenvalue weighted by Gasteiger charge is 2.08. The van der Waals surface area contributed by atoms with Crippen molar-refractivity contribution in [2.24, 2.45) is 0 Å². The second kappa shape index (κ2) is 8.79. The lowest BCUT2D eigenvalue weighted by Crippen LogP contribution is -2.02. The Balaban J connectivity index is 1.65. The van der Waals surface area contributed by atoms with E-state index in [9.17, 15) is 0 Å². The third-order valence-corrected chi connectivity index (χ3v) is 4.28. The molecule has 0 spiro atoms. The van der Waals surface area contributed by atoms with Crippen LogP contribution in [0.5, 0.6) is 0 Å². The van der Waals surface area contributed by atoms with Crippen molar-refractivity contribution in [3.05, 3.63) is 95.3 Å². The molecule has 0 atom stereocenters. The second-order valence-corrected chi connectivity index (χ2v) is 6.56. The largest absolute Gasteiger partial charge is 0.368 e. The predicted molar refractivity (Wildman–Crippen MR) is 123 cm³/mol. The first-order valence-electron chi connectivity index (χ1n) is 9.41. The van der Waals surface area contributed by atoms with Crippen molar-refractivity contribution in [2.45, 2.75) is 0 Å². The fourth-order valence-corrected chi connectivity index (χ4v) is 2.90. The zero-order chi connectivity index (χ0) is 20.8. The zero-order valence-electron chi connectivity index (χ0n) is 16.2. The number of rotatable bonds is 5. The minimum Gasteiger partial charge on any atom is -0.368 e. The van der Waals surface area contributed by atoms with Crippen LogP contribution in [-0.4, -0.2) is 19.9 Å². The van der Waals surface area contributed by atoms with E-state index in [0.29, 0.717) is 22.8 Å². The van der Waals surface area contributed by atoms with E-state index >= 15 is 0 Å². The first kappa shape index (κ1) is 19.0. The van der Waals surface area contributed by atoms with Crippen LogP contribution in [-0.2, 0) is 0 Å². The highest BCUT2D eigenvalue weighted by Crippen LogP contribution is 2.20. The van der Waals surface area contributed by atoms with Crippen LogP contribution in [0.3, 0.4) is 0 Å². The van der Waals surface area contributed by atoms with Gasteiger partial charge in [0.1, 0.15) is 0 Å². The summed E-state index contributed by atoms with van der Waals surface area (Å²) >= 11 is 0. The molecule has 0 fully saturated rings. The molecule has 0 aliphatic rings. The Morgan fingerprint density at radius 3 is 1.30 bits per heavy atom. The molecule has 30 heavy (non-hydrogen) atoms. The van der Waals surface area contributed by atoms with Crippen molar-refractivity contribution in [1.29, 1.82) is 0 Å². The van der Waals surface area contributed by atoms with Gasteiger partial charge in [-0.2, -0.15) is 0 Å². The molecule has 6 heteroatoms. The van der Waals surface area contributed by atoms with E-state index in [1.165, 1.54) is 0 Å². The maximum absolute atomic E-state index is 5.93. The highest BCUT2D eigenvalue weighted by atomic mass is 15.0. The van der Waals surface area contributed by atoms with Crippen molar-refractivity contribution >= 4 is 36.2 Å². The molecule has 0 aliphatic heterocycles.